The summed E-state index contributed by atoms with van der Waals surface area (Å²) in [6.45, 7) is 7.26. The lowest BCUT2D eigenvalue weighted by molar-refractivity contribution is 0.0677. The van der Waals surface area contributed by atoms with E-state index in [1.807, 2.05) is 6.07 Å². The summed E-state index contributed by atoms with van der Waals surface area (Å²) in [4.78, 5) is 18.8. The third kappa shape index (κ3) is 5.40. The van der Waals surface area contributed by atoms with E-state index in [4.69, 9.17) is 16.0 Å². The van der Waals surface area contributed by atoms with Crippen LogP contribution in [0, 0.1) is 6.92 Å². The van der Waals surface area contributed by atoms with Gasteiger partial charge in [-0.25, -0.2) is 13.6 Å². The number of pyridine rings is 1. The second kappa shape index (κ2) is 10.6. The fraction of sp³-hybridized carbons (Fsp3) is 0.357. The molecule has 1 fully saturated rings. The molecule has 0 radical (unpaired) electrons. The number of amides is 2. The first-order valence-electron chi connectivity index (χ1n) is 12.2. The average molecular weight is 530 g/mol. The zero-order valence-corrected chi connectivity index (χ0v) is 21.6. The molecule has 1 saturated heterocycles. The van der Waals surface area contributed by atoms with Crippen LogP contribution in [0.3, 0.4) is 0 Å². The van der Waals surface area contributed by atoms with Crippen molar-refractivity contribution in [1.29, 1.82) is 0 Å². The number of carbonyl (C=O) groups is 1. The van der Waals surface area contributed by atoms with Crippen LogP contribution < -0.4 is 5.32 Å². The molecule has 3 aromatic rings. The lowest BCUT2D eigenvalue weighted by atomic mass is 9.87. The van der Waals surface area contributed by atoms with Gasteiger partial charge in [0.2, 0.25) is 0 Å². The van der Waals surface area contributed by atoms with Crippen molar-refractivity contribution in [3.63, 3.8) is 0 Å². The highest BCUT2D eigenvalue weighted by Crippen LogP contribution is 2.39. The van der Waals surface area contributed by atoms with Crippen molar-refractivity contribution in [2.75, 3.05) is 18.4 Å². The van der Waals surface area contributed by atoms with E-state index < -0.39 is 11.3 Å². The summed E-state index contributed by atoms with van der Waals surface area (Å²) in [7, 11) is 0. The molecule has 2 aromatic heterocycles. The summed E-state index contributed by atoms with van der Waals surface area (Å²) in [5.41, 5.74) is -0.970. The zero-order valence-electron chi connectivity index (χ0n) is 20.9. The molecule has 1 aromatic carbocycles. The minimum atomic E-state index is -1.75. The molecule has 1 unspecified atom stereocenters. The van der Waals surface area contributed by atoms with Crippen LogP contribution in [0.15, 0.2) is 59.7 Å². The maximum absolute atomic E-state index is 16.0. The van der Waals surface area contributed by atoms with Crippen LogP contribution in [-0.4, -0.2) is 34.1 Å². The van der Waals surface area contributed by atoms with Crippen LogP contribution in [-0.2, 0) is 17.9 Å². The SMILES string of the molecule is C=CC(F)(CC)c1ccc(NC(=O)N2CCC(F)(c3ncc(-c4ccc(CO)o4)cc3C)CC2)cc1Cl. The fourth-order valence-electron chi connectivity index (χ4n) is 4.67. The number of nitrogens with zero attached hydrogens (tertiary/aromatic N) is 2. The van der Waals surface area contributed by atoms with Gasteiger partial charge in [-0.1, -0.05) is 37.2 Å². The Morgan fingerprint density at radius 3 is 2.62 bits per heavy atom. The molecule has 3 heterocycles. The van der Waals surface area contributed by atoms with Gasteiger partial charge in [-0.3, -0.25) is 4.98 Å². The number of urea groups is 1. The molecule has 0 saturated carbocycles. The quantitative estimate of drug-likeness (QED) is 0.321. The number of aryl methyl sites for hydroxylation is 1. The molecule has 6 nitrogen and oxygen atoms in total. The number of halogens is 3. The van der Waals surface area contributed by atoms with Crippen molar-refractivity contribution in [3.05, 3.63) is 82.9 Å². The molecule has 1 aliphatic rings. The number of alkyl halides is 2. The molecule has 196 valence electrons. The summed E-state index contributed by atoms with van der Waals surface area (Å²) < 4.78 is 36.5. The van der Waals surface area contributed by atoms with E-state index in [0.29, 0.717) is 39.6 Å². The third-order valence-corrected chi connectivity index (χ3v) is 7.27. The molecular weight excluding hydrogens is 500 g/mol. The van der Waals surface area contributed by atoms with E-state index in [0.717, 1.165) is 0 Å². The number of benzene rings is 1. The molecule has 2 N–H and O–H groups in total. The average Bonchev–Trinajstić information content (AvgIpc) is 3.38. The summed E-state index contributed by atoms with van der Waals surface area (Å²) in [6.07, 6.45) is 3.17. The van der Waals surface area contributed by atoms with Crippen LogP contribution in [0.4, 0.5) is 19.3 Å². The van der Waals surface area contributed by atoms with Crippen molar-refractivity contribution in [3.8, 4) is 11.3 Å². The maximum Gasteiger partial charge on any atom is 0.321 e. The Hall–Kier alpha value is -3.23. The molecule has 9 heteroatoms. The highest BCUT2D eigenvalue weighted by molar-refractivity contribution is 6.31. The summed E-state index contributed by atoms with van der Waals surface area (Å²) in [6, 6.07) is 9.48. The van der Waals surface area contributed by atoms with Gasteiger partial charge in [0, 0.05) is 54.0 Å². The van der Waals surface area contributed by atoms with Gasteiger partial charge in [-0.05, 0) is 49.2 Å². The van der Waals surface area contributed by atoms with Gasteiger partial charge in [0.1, 0.15) is 18.1 Å². The molecule has 37 heavy (non-hydrogen) atoms. The number of allylic oxidation sites excluding steroid dienone is 1. The molecule has 0 bridgehead atoms. The molecule has 0 spiro atoms. The first-order chi connectivity index (χ1) is 17.6. The molecular formula is C28H30ClF2N3O3. The summed E-state index contributed by atoms with van der Waals surface area (Å²) in [5.74, 6) is 0.992. The zero-order chi connectivity index (χ0) is 26.8. The second-order valence-electron chi connectivity index (χ2n) is 9.31. The standard InChI is InChI=1S/C28H30ClF2N3O3/c1-4-27(30,5-2)22-8-6-20(15-23(22)29)33-26(36)34-12-10-28(31,11-13-34)25-18(3)14-19(16-32-25)24-9-7-21(17-35)37-24/h4,6-9,14-16,35H,1,5,10-13,17H2,2-3H3,(H,33,36). The van der Waals surface area contributed by atoms with Crippen molar-refractivity contribution in [1.82, 2.24) is 9.88 Å². The van der Waals surface area contributed by atoms with Crippen LogP contribution in [0.1, 0.15) is 48.8 Å². The maximum atomic E-state index is 16.0. The van der Waals surface area contributed by atoms with Gasteiger partial charge in [0.05, 0.1) is 5.69 Å². The van der Waals surface area contributed by atoms with Crippen molar-refractivity contribution in [2.24, 2.45) is 0 Å². The van der Waals surface area contributed by atoms with E-state index in [1.165, 1.54) is 23.1 Å². The number of furan rings is 1. The van der Waals surface area contributed by atoms with Crippen molar-refractivity contribution >= 4 is 23.3 Å². The number of anilines is 1. The van der Waals surface area contributed by atoms with Crippen LogP contribution in [0.25, 0.3) is 11.3 Å². The lowest BCUT2D eigenvalue weighted by Crippen LogP contribution is -2.45. The predicted octanol–water partition coefficient (Wildman–Crippen LogP) is 7.05. The van der Waals surface area contributed by atoms with Crippen molar-refractivity contribution < 1.29 is 23.1 Å². The van der Waals surface area contributed by atoms with Gasteiger partial charge in [0.15, 0.2) is 11.3 Å². The smallest absolute Gasteiger partial charge is 0.321 e. The number of piperidine rings is 1. The molecule has 1 atom stereocenters. The first-order valence-corrected chi connectivity index (χ1v) is 12.5. The van der Waals surface area contributed by atoms with Crippen LogP contribution in [0.5, 0.6) is 0 Å². The van der Waals surface area contributed by atoms with Crippen molar-refractivity contribution in [2.45, 2.75) is 51.1 Å². The van der Waals surface area contributed by atoms with Crippen LogP contribution in [0.2, 0.25) is 5.02 Å². The van der Waals surface area contributed by atoms with E-state index in [1.54, 1.807) is 38.2 Å². The Morgan fingerprint density at radius 2 is 2.05 bits per heavy atom. The topological polar surface area (TPSA) is 78.6 Å². The third-order valence-electron chi connectivity index (χ3n) is 6.95. The van der Waals surface area contributed by atoms with E-state index in [9.17, 15) is 14.3 Å². The minimum Gasteiger partial charge on any atom is -0.459 e. The number of hydrogen-bond acceptors (Lipinski definition) is 4. The lowest BCUT2D eigenvalue weighted by Gasteiger charge is -2.36. The van der Waals surface area contributed by atoms with Gasteiger partial charge in [0.25, 0.3) is 0 Å². The monoisotopic (exact) mass is 529 g/mol. The number of likely N-dealkylation sites (tertiary alicyclic amines) is 1. The number of hydrogen-bond donors (Lipinski definition) is 2. The molecule has 1 aliphatic heterocycles. The first kappa shape index (κ1) is 26.8. The Kier molecular flexibility index (Phi) is 7.71. The summed E-state index contributed by atoms with van der Waals surface area (Å²) >= 11 is 6.29. The van der Waals surface area contributed by atoms with Gasteiger partial charge in [-0.15, -0.1) is 0 Å². The van der Waals surface area contributed by atoms with Gasteiger partial charge >= 0.3 is 6.03 Å². The number of nitrogens with one attached hydrogen (secondary N) is 1. The number of aliphatic hydroxyl groups excluding tert-OH is 1. The van der Waals surface area contributed by atoms with Gasteiger partial charge < -0.3 is 19.7 Å². The molecule has 2 amide bonds. The number of aromatic nitrogens is 1. The largest absolute Gasteiger partial charge is 0.459 e. The number of rotatable bonds is 7. The Bertz CT molecular complexity index is 1300. The van der Waals surface area contributed by atoms with E-state index in [-0.39, 0.29) is 50.0 Å². The highest BCUT2D eigenvalue weighted by atomic mass is 35.5. The minimum absolute atomic E-state index is 0.100. The molecule has 0 aliphatic carbocycles. The van der Waals surface area contributed by atoms with E-state index >= 15 is 4.39 Å². The second-order valence-corrected chi connectivity index (χ2v) is 9.72. The Labute approximate surface area is 220 Å². The Morgan fingerprint density at radius 1 is 1.32 bits per heavy atom. The van der Waals surface area contributed by atoms with Crippen LogP contribution >= 0.6 is 11.6 Å². The normalized spacial score (nSPS) is 16.8. The van der Waals surface area contributed by atoms with E-state index in [2.05, 4.69) is 16.9 Å². The Balaban J connectivity index is 1.41. The molecule has 4 rings (SSSR count). The summed E-state index contributed by atoms with van der Waals surface area (Å²) in [5, 5.41) is 12.2. The van der Waals surface area contributed by atoms with Gasteiger partial charge in [-0.2, -0.15) is 0 Å². The number of carbonyl (C=O) groups excluding carboxylic acids is 1. The predicted molar refractivity (Wildman–Crippen MR) is 140 cm³/mol. The fourth-order valence-corrected chi connectivity index (χ4v) is 5.01. The highest BCUT2D eigenvalue weighted by Gasteiger charge is 2.40. The number of aliphatic hydroxyl groups is 1.